The van der Waals surface area contributed by atoms with Crippen LogP contribution in [0.5, 0.6) is 0 Å². The predicted octanol–water partition coefficient (Wildman–Crippen LogP) is 2.46. The highest BCUT2D eigenvalue weighted by Gasteiger charge is 2.18. The molecule has 0 heteroatoms. The van der Waals surface area contributed by atoms with Crippen LogP contribution < -0.4 is 0 Å². The molecule has 0 aromatic heterocycles. The van der Waals surface area contributed by atoms with Crippen LogP contribution in [0, 0.1) is 25.2 Å². The Hall–Kier alpha value is 0. The Balaban J connectivity index is 2.22. The van der Waals surface area contributed by atoms with Crippen molar-refractivity contribution in [3.8, 4) is 0 Å². The summed E-state index contributed by atoms with van der Waals surface area (Å²) in [6.07, 6.45) is 6.23. The first-order valence-electron chi connectivity index (χ1n) is 3.45. The Bertz CT molecular complexity index is 66.4. The Morgan fingerprint density at radius 2 is 2.50 bits per heavy atom. The van der Waals surface area contributed by atoms with Crippen LogP contribution >= 0.6 is 0 Å². The predicted molar refractivity (Wildman–Crippen MR) is 36.2 cm³/mol. The average Bonchev–Trinajstić information content (AvgIpc) is 2.14. The van der Waals surface area contributed by atoms with Crippen LogP contribution in [-0.2, 0) is 0 Å². The lowest BCUT2D eigenvalue weighted by molar-refractivity contribution is 0.522. The summed E-state index contributed by atoms with van der Waals surface area (Å²) < 4.78 is 0. The summed E-state index contributed by atoms with van der Waals surface area (Å²) in [6, 6.07) is 0. The Labute approximate surface area is 52.3 Å². The molecule has 1 saturated carbocycles. The quantitative estimate of drug-likeness (QED) is 0.486. The van der Waals surface area contributed by atoms with E-state index in [1.54, 1.807) is 0 Å². The van der Waals surface area contributed by atoms with Crippen LogP contribution in [0.3, 0.4) is 0 Å². The normalized spacial score (nSPS) is 38.2. The highest BCUT2D eigenvalue weighted by atomic mass is 14.2. The summed E-state index contributed by atoms with van der Waals surface area (Å²) in [6.45, 7) is 6.17. The molecule has 0 bridgehead atoms. The molecule has 0 aromatic carbocycles. The zero-order valence-electron chi connectivity index (χ0n) is 5.56. The molecule has 0 amide bonds. The fourth-order valence-corrected chi connectivity index (χ4v) is 1.38. The minimum Gasteiger partial charge on any atom is -0.0622 e. The second-order valence-electron chi connectivity index (χ2n) is 2.84. The Kier molecular flexibility index (Phi) is 1.93. The second kappa shape index (κ2) is 2.52. The molecule has 0 aliphatic heterocycles. The molecule has 1 rings (SSSR count). The summed E-state index contributed by atoms with van der Waals surface area (Å²) in [4.78, 5) is 0. The lowest BCUT2D eigenvalue weighted by Crippen LogP contribution is -1.90. The Morgan fingerprint density at radius 1 is 1.75 bits per heavy atom. The molecular weight excluding hydrogens is 96.1 g/mol. The summed E-state index contributed by atoms with van der Waals surface area (Å²) in [5, 5.41) is 0. The van der Waals surface area contributed by atoms with Crippen molar-refractivity contribution in [1.29, 1.82) is 0 Å². The summed E-state index contributed by atoms with van der Waals surface area (Å²) in [5.74, 6) is 1.77. The molecule has 46 valence electrons. The molecule has 0 heterocycles. The van der Waals surface area contributed by atoms with Crippen LogP contribution in [-0.4, -0.2) is 0 Å². The summed E-state index contributed by atoms with van der Waals surface area (Å²) >= 11 is 0. The first kappa shape index (κ1) is 6.12. The van der Waals surface area contributed by atoms with E-state index in [2.05, 4.69) is 20.3 Å². The minimum absolute atomic E-state index is 0.863. The molecule has 0 spiro atoms. The van der Waals surface area contributed by atoms with Gasteiger partial charge in [-0.15, -0.1) is 0 Å². The molecule has 0 aromatic rings. The molecule has 0 N–H and O–H groups in total. The van der Waals surface area contributed by atoms with Gasteiger partial charge in [-0.1, -0.05) is 20.3 Å². The van der Waals surface area contributed by atoms with Crippen molar-refractivity contribution in [1.82, 2.24) is 0 Å². The maximum Gasteiger partial charge on any atom is -0.0355 e. The molecule has 2 atom stereocenters. The monoisotopic (exact) mass is 110 g/mol. The molecule has 0 nitrogen and oxygen atoms in total. The van der Waals surface area contributed by atoms with E-state index in [1.807, 2.05) is 0 Å². The molecule has 2 radical (unpaired) electrons. The van der Waals surface area contributed by atoms with Crippen molar-refractivity contribution in [2.45, 2.75) is 26.2 Å². The van der Waals surface area contributed by atoms with E-state index in [1.165, 1.54) is 12.8 Å². The maximum absolute atomic E-state index is 3.88. The van der Waals surface area contributed by atoms with Crippen molar-refractivity contribution >= 4 is 0 Å². The highest BCUT2D eigenvalue weighted by Crippen LogP contribution is 2.30. The van der Waals surface area contributed by atoms with Gasteiger partial charge in [-0.3, -0.25) is 0 Å². The molecule has 8 heavy (non-hydrogen) atoms. The van der Waals surface area contributed by atoms with Gasteiger partial charge in [0.1, 0.15) is 0 Å². The van der Waals surface area contributed by atoms with Crippen molar-refractivity contribution in [3.05, 3.63) is 13.3 Å². The van der Waals surface area contributed by atoms with Gasteiger partial charge in [0.05, 0.1) is 0 Å². The number of hydrogen-bond donors (Lipinski definition) is 0. The summed E-state index contributed by atoms with van der Waals surface area (Å²) in [7, 11) is 0. The van der Waals surface area contributed by atoms with E-state index in [0.29, 0.717) is 0 Å². The van der Waals surface area contributed by atoms with E-state index in [0.717, 1.165) is 18.3 Å². The third-order valence-electron chi connectivity index (χ3n) is 1.99. The van der Waals surface area contributed by atoms with E-state index in [9.17, 15) is 0 Å². The van der Waals surface area contributed by atoms with Gasteiger partial charge >= 0.3 is 0 Å². The third-order valence-corrected chi connectivity index (χ3v) is 1.99. The van der Waals surface area contributed by atoms with E-state index >= 15 is 0 Å². The van der Waals surface area contributed by atoms with Gasteiger partial charge in [-0.25, -0.2) is 0 Å². The van der Waals surface area contributed by atoms with Crippen molar-refractivity contribution in [3.63, 3.8) is 0 Å². The van der Waals surface area contributed by atoms with Crippen LogP contribution in [0.1, 0.15) is 26.2 Å². The second-order valence-corrected chi connectivity index (χ2v) is 2.84. The fraction of sp³-hybridized carbons (Fsp3) is 0.750. The molecule has 2 unspecified atom stereocenters. The van der Waals surface area contributed by atoms with Crippen molar-refractivity contribution < 1.29 is 0 Å². The van der Waals surface area contributed by atoms with E-state index in [-0.39, 0.29) is 0 Å². The lowest BCUT2D eigenvalue weighted by atomic mass is 10.0. The fourth-order valence-electron chi connectivity index (χ4n) is 1.38. The zero-order chi connectivity index (χ0) is 5.98. The van der Waals surface area contributed by atoms with Gasteiger partial charge in [0, 0.05) is 0 Å². The smallest absolute Gasteiger partial charge is 0.0355 e. The van der Waals surface area contributed by atoms with Gasteiger partial charge in [0.15, 0.2) is 0 Å². The number of rotatable bonds is 1. The first-order chi connectivity index (χ1) is 3.83. The topological polar surface area (TPSA) is 0 Å². The van der Waals surface area contributed by atoms with Crippen LogP contribution in [0.2, 0.25) is 0 Å². The van der Waals surface area contributed by atoms with E-state index in [4.69, 9.17) is 0 Å². The van der Waals surface area contributed by atoms with Crippen LogP contribution in [0.4, 0.5) is 0 Å². The maximum atomic E-state index is 3.88. The standard InChI is InChI=1S/C8H14/c1-3-8-5-4-7(2)6-8/h4,7-8H,1,3,5-6H2,2H3. The molecule has 1 fully saturated rings. The average molecular weight is 110 g/mol. The minimum atomic E-state index is 0.863. The molecule has 0 saturated heterocycles. The van der Waals surface area contributed by atoms with E-state index < -0.39 is 0 Å². The highest BCUT2D eigenvalue weighted by molar-refractivity contribution is 4.86. The van der Waals surface area contributed by atoms with Gasteiger partial charge in [-0.2, -0.15) is 0 Å². The van der Waals surface area contributed by atoms with Crippen molar-refractivity contribution in [2.75, 3.05) is 0 Å². The van der Waals surface area contributed by atoms with Crippen LogP contribution in [0.25, 0.3) is 0 Å². The molecule has 1 aliphatic rings. The lowest BCUT2D eigenvalue weighted by Gasteiger charge is -2.01. The largest absolute Gasteiger partial charge is 0.0622 e. The van der Waals surface area contributed by atoms with Gasteiger partial charge in [0.25, 0.3) is 0 Å². The van der Waals surface area contributed by atoms with Gasteiger partial charge < -0.3 is 0 Å². The Morgan fingerprint density at radius 3 is 2.75 bits per heavy atom. The molecular formula is C8H14. The summed E-state index contributed by atoms with van der Waals surface area (Å²) in [5.41, 5.74) is 0. The third kappa shape index (κ3) is 1.24. The van der Waals surface area contributed by atoms with Crippen LogP contribution in [0.15, 0.2) is 0 Å². The zero-order valence-corrected chi connectivity index (χ0v) is 5.56. The first-order valence-corrected chi connectivity index (χ1v) is 3.45. The SMILES string of the molecule is [CH2]CC1C[CH]C(C)C1. The number of hydrogen-bond acceptors (Lipinski definition) is 0. The van der Waals surface area contributed by atoms with Gasteiger partial charge in [-0.05, 0) is 31.1 Å². The van der Waals surface area contributed by atoms with Crippen molar-refractivity contribution in [2.24, 2.45) is 11.8 Å². The molecule has 1 aliphatic carbocycles. The van der Waals surface area contributed by atoms with Gasteiger partial charge in [0.2, 0.25) is 0 Å².